The van der Waals surface area contributed by atoms with Gasteiger partial charge in [-0.15, -0.1) is 0 Å². The molecule has 1 aliphatic rings. The van der Waals surface area contributed by atoms with Gasteiger partial charge in [0.15, 0.2) is 5.16 Å². The van der Waals surface area contributed by atoms with Crippen molar-refractivity contribution in [2.75, 3.05) is 0 Å². The molecule has 0 radical (unpaired) electrons. The molecule has 0 bridgehead atoms. The van der Waals surface area contributed by atoms with Crippen molar-refractivity contribution in [1.82, 2.24) is 9.97 Å². The number of rotatable bonds is 3. The van der Waals surface area contributed by atoms with Gasteiger partial charge in [-0.3, -0.25) is 4.79 Å². The van der Waals surface area contributed by atoms with Crippen LogP contribution in [0.25, 0.3) is 0 Å². The molecule has 0 aromatic carbocycles. The van der Waals surface area contributed by atoms with Crippen molar-refractivity contribution in [2.24, 2.45) is 5.92 Å². The van der Waals surface area contributed by atoms with Gasteiger partial charge in [0.1, 0.15) is 0 Å². The van der Waals surface area contributed by atoms with E-state index in [0.717, 1.165) is 30.7 Å². The molecule has 5 heteroatoms. The first-order valence-corrected chi connectivity index (χ1v) is 6.66. The number of hydrogen-bond acceptors (Lipinski definition) is 4. The Kier molecular flexibility index (Phi) is 3.66. The van der Waals surface area contributed by atoms with Crippen molar-refractivity contribution >= 4 is 17.7 Å². The molecule has 2 rings (SSSR count). The summed E-state index contributed by atoms with van der Waals surface area (Å²) in [6.07, 6.45) is 2.70. The number of aromatic nitrogens is 2. The average molecular weight is 252 g/mol. The monoisotopic (exact) mass is 252 g/mol. The number of thioether (sulfide) groups is 1. The molecule has 0 amide bonds. The molecule has 1 fully saturated rings. The molecule has 1 heterocycles. The van der Waals surface area contributed by atoms with E-state index in [1.807, 2.05) is 19.9 Å². The van der Waals surface area contributed by atoms with Crippen LogP contribution in [0.2, 0.25) is 0 Å². The van der Waals surface area contributed by atoms with Gasteiger partial charge in [0.05, 0.1) is 5.92 Å². The fraction of sp³-hybridized carbons (Fsp3) is 0.583. The molecule has 4 nitrogen and oxygen atoms in total. The minimum Gasteiger partial charge on any atom is -0.481 e. The minimum atomic E-state index is -0.690. The maximum Gasteiger partial charge on any atom is 0.307 e. The zero-order valence-electron chi connectivity index (χ0n) is 10.0. The fourth-order valence-corrected chi connectivity index (χ4v) is 3.60. The SMILES string of the molecule is Cc1cc(C)nc(SC2CCCC2C(=O)O)n1. The van der Waals surface area contributed by atoms with Gasteiger partial charge in [0.2, 0.25) is 0 Å². The Morgan fingerprint density at radius 2 is 2.00 bits per heavy atom. The molecule has 1 saturated carbocycles. The topological polar surface area (TPSA) is 63.1 Å². The summed E-state index contributed by atoms with van der Waals surface area (Å²) >= 11 is 1.51. The normalized spacial score (nSPS) is 23.9. The van der Waals surface area contributed by atoms with Crippen LogP contribution in [0.4, 0.5) is 0 Å². The maximum absolute atomic E-state index is 11.1. The Balaban J connectivity index is 2.12. The van der Waals surface area contributed by atoms with E-state index >= 15 is 0 Å². The molecule has 1 aliphatic carbocycles. The second kappa shape index (κ2) is 5.04. The average Bonchev–Trinajstić information content (AvgIpc) is 2.63. The van der Waals surface area contributed by atoms with Gasteiger partial charge in [-0.1, -0.05) is 18.2 Å². The molecular weight excluding hydrogens is 236 g/mol. The van der Waals surface area contributed by atoms with Crippen molar-refractivity contribution in [1.29, 1.82) is 0 Å². The summed E-state index contributed by atoms with van der Waals surface area (Å²) in [7, 11) is 0. The first kappa shape index (κ1) is 12.4. The molecule has 0 saturated heterocycles. The van der Waals surface area contributed by atoms with E-state index in [9.17, 15) is 4.79 Å². The highest BCUT2D eigenvalue weighted by Crippen LogP contribution is 2.37. The summed E-state index contributed by atoms with van der Waals surface area (Å²) in [5, 5.41) is 9.94. The second-order valence-corrected chi connectivity index (χ2v) is 5.67. The first-order chi connectivity index (χ1) is 8.06. The van der Waals surface area contributed by atoms with Crippen LogP contribution in [0.15, 0.2) is 11.2 Å². The van der Waals surface area contributed by atoms with E-state index in [2.05, 4.69) is 9.97 Å². The Bertz CT molecular complexity index is 416. The quantitative estimate of drug-likeness (QED) is 0.837. The molecule has 0 spiro atoms. The van der Waals surface area contributed by atoms with E-state index in [4.69, 9.17) is 5.11 Å². The molecule has 17 heavy (non-hydrogen) atoms. The van der Waals surface area contributed by atoms with Crippen LogP contribution in [0, 0.1) is 19.8 Å². The summed E-state index contributed by atoms with van der Waals surface area (Å²) in [6, 6.07) is 1.92. The first-order valence-electron chi connectivity index (χ1n) is 5.78. The van der Waals surface area contributed by atoms with E-state index in [-0.39, 0.29) is 11.2 Å². The molecule has 1 aromatic heterocycles. The standard InChI is InChI=1S/C12H16N2O2S/c1-7-6-8(2)14-12(13-7)17-10-5-3-4-9(10)11(15)16/h6,9-10H,3-5H2,1-2H3,(H,15,16). The lowest BCUT2D eigenvalue weighted by Gasteiger charge is -2.14. The number of aryl methyl sites for hydroxylation is 2. The lowest BCUT2D eigenvalue weighted by Crippen LogP contribution is -2.20. The van der Waals surface area contributed by atoms with E-state index in [1.165, 1.54) is 11.8 Å². The highest BCUT2D eigenvalue weighted by molar-refractivity contribution is 7.99. The lowest BCUT2D eigenvalue weighted by molar-refractivity contribution is -0.141. The lowest BCUT2D eigenvalue weighted by atomic mass is 10.1. The Morgan fingerprint density at radius 1 is 1.35 bits per heavy atom. The molecule has 92 valence electrons. The van der Waals surface area contributed by atoms with Gasteiger partial charge in [-0.2, -0.15) is 0 Å². The van der Waals surface area contributed by atoms with Crippen molar-refractivity contribution in [3.8, 4) is 0 Å². The van der Waals surface area contributed by atoms with Crippen molar-refractivity contribution < 1.29 is 9.90 Å². The van der Waals surface area contributed by atoms with Crippen LogP contribution in [0.1, 0.15) is 30.7 Å². The third-order valence-corrected chi connectivity index (χ3v) is 4.25. The molecular formula is C12H16N2O2S. The predicted octanol–water partition coefficient (Wildman–Crippen LogP) is 2.44. The van der Waals surface area contributed by atoms with Crippen molar-refractivity contribution in [3.05, 3.63) is 17.5 Å². The van der Waals surface area contributed by atoms with E-state index in [0.29, 0.717) is 5.16 Å². The van der Waals surface area contributed by atoms with Crippen molar-refractivity contribution in [2.45, 2.75) is 43.5 Å². The number of carboxylic acids is 1. The summed E-state index contributed by atoms with van der Waals surface area (Å²) < 4.78 is 0. The highest BCUT2D eigenvalue weighted by atomic mass is 32.2. The molecule has 0 aliphatic heterocycles. The third-order valence-electron chi connectivity index (χ3n) is 2.99. The predicted molar refractivity (Wildman–Crippen MR) is 66.1 cm³/mol. The Morgan fingerprint density at radius 3 is 2.59 bits per heavy atom. The van der Waals surface area contributed by atoms with Crippen LogP contribution in [-0.2, 0) is 4.79 Å². The van der Waals surface area contributed by atoms with E-state index < -0.39 is 5.97 Å². The van der Waals surface area contributed by atoms with Gasteiger partial charge in [0, 0.05) is 16.6 Å². The molecule has 1 N–H and O–H groups in total. The van der Waals surface area contributed by atoms with Crippen LogP contribution in [0.3, 0.4) is 0 Å². The number of nitrogens with zero attached hydrogens (tertiary/aromatic N) is 2. The zero-order valence-corrected chi connectivity index (χ0v) is 10.8. The summed E-state index contributed by atoms with van der Waals surface area (Å²) in [5.74, 6) is -0.936. The number of aliphatic carboxylic acids is 1. The van der Waals surface area contributed by atoms with Crippen LogP contribution >= 0.6 is 11.8 Å². The van der Waals surface area contributed by atoms with E-state index in [1.54, 1.807) is 0 Å². The van der Waals surface area contributed by atoms with Gasteiger partial charge >= 0.3 is 5.97 Å². The summed E-state index contributed by atoms with van der Waals surface area (Å²) in [6.45, 7) is 3.87. The molecule has 1 aromatic rings. The van der Waals surface area contributed by atoms with Gasteiger partial charge < -0.3 is 5.11 Å². The van der Waals surface area contributed by atoms with Crippen LogP contribution in [0.5, 0.6) is 0 Å². The second-order valence-electron chi connectivity index (χ2n) is 4.47. The van der Waals surface area contributed by atoms with Gasteiger partial charge in [-0.05, 0) is 32.8 Å². The van der Waals surface area contributed by atoms with Crippen molar-refractivity contribution in [3.63, 3.8) is 0 Å². The number of hydrogen-bond donors (Lipinski definition) is 1. The fourth-order valence-electron chi connectivity index (χ4n) is 2.23. The summed E-state index contributed by atoms with van der Waals surface area (Å²) in [5.41, 5.74) is 1.87. The van der Waals surface area contributed by atoms with Gasteiger partial charge in [0.25, 0.3) is 0 Å². The van der Waals surface area contributed by atoms with Crippen LogP contribution < -0.4 is 0 Å². The van der Waals surface area contributed by atoms with Crippen LogP contribution in [-0.4, -0.2) is 26.3 Å². The van der Waals surface area contributed by atoms with Gasteiger partial charge in [-0.25, -0.2) is 9.97 Å². The number of carbonyl (C=O) groups is 1. The third kappa shape index (κ3) is 2.97. The maximum atomic E-state index is 11.1. The molecule has 2 unspecified atom stereocenters. The Hall–Kier alpha value is -1.10. The number of carboxylic acid groups (broad SMARTS) is 1. The summed E-state index contributed by atoms with van der Waals surface area (Å²) in [4.78, 5) is 19.8. The Labute approximate surface area is 105 Å². The minimum absolute atomic E-state index is 0.119. The zero-order chi connectivity index (χ0) is 12.4. The largest absolute Gasteiger partial charge is 0.481 e. The molecule has 2 atom stereocenters. The smallest absolute Gasteiger partial charge is 0.307 e. The highest BCUT2D eigenvalue weighted by Gasteiger charge is 2.34.